The number of aliphatic carboxylic acids is 1. The fourth-order valence-corrected chi connectivity index (χ4v) is 2.52. The quantitative estimate of drug-likeness (QED) is 0.587. The lowest BCUT2D eigenvalue weighted by Crippen LogP contribution is -2.28. The van der Waals surface area contributed by atoms with Crippen LogP contribution in [0.2, 0.25) is 0 Å². The van der Waals surface area contributed by atoms with Crippen LogP contribution in [0.1, 0.15) is 16.8 Å². The molecule has 0 fully saturated rings. The summed E-state index contributed by atoms with van der Waals surface area (Å²) in [5, 5.41) is 13.8. The van der Waals surface area contributed by atoms with E-state index in [2.05, 4.69) is 26.6 Å². The molecule has 0 aliphatic heterocycles. The maximum absolute atomic E-state index is 13.2. The van der Waals surface area contributed by atoms with Crippen LogP contribution in [-0.4, -0.2) is 36.0 Å². The van der Waals surface area contributed by atoms with Crippen LogP contribution in [0.4, 0.5) is 10.1 Å². The van der Waals surface area contributed by atoms with Gasteiger partial charge in [0.2, 0.25) is 5.91 Å². The molecule has 2 rings (SSSR count). The normalized spacial score (nSPS) is 10.1. The van der Waals surface area contributed by atoms with Crippen molar-refractivity contribution in [3.63, 3.8) is 0 Å². The van der Waals surface area contributed by atoms with Gasteiger partial charge in [0.05, 0.1) is 5.56 Å². The predicted octanol–water partition coefficient (Wildman–Crippen LogP) is 2.81. The fourth-order valence-electron chi connectivity index (χ4n) is 2.09. The van der Waals surface area contributed by atoms with Crippen LogP contribution in [-0.2, 0) is 9.59 Å². The molecule has 0 aliphatic carbocycles. The molecule has 0 bridgehead atoms. The molecule has 0 saturated heterocycles. The van der Waals surface area contributed by atoms with Gasteiger partial charge in [0, 0.05) is 29.2 Å². The second-order valence-corrected chi connectivity index (χ2v) is 6.24. The zero-order valence-electron chi connectivity index (χ0n) is 14.0. The summed E-state index contributed by atoms with van der Waals surface area (Å²) >= 11 is 3.17. The minimum absolute atomic E-state index is 0.00111. The van der Waals surface area contributed by atoms with Crippen molar-refractivity contribution >= 4 is 39.4 Å². The Labute approximate surface area is 162 Å². The summed E-state index contributed by atoms with van der Waals surface area (Å²) in [4.78, 5) is 34.5. The number of rotatable bonds is 8. The van der Waals surface area contributed by atoms with E-state index in [1.54, 1.807) is 18.2 Å². The third-order valence-electron chi connectivity index (χ3n) is 3.29. The first-order valence-corrected chi connectivity index (χ1v) is 8.62. The molecule has 9 heteroatoms. The molecule has 0 heterocycles. The standard InChI is InChI=1S/C18H16BrFN2O5/c19-15-5-4-11(20)8-14(15)18(26)21-7-6-16(23)22-12-2-1-3-13(9-12)27-10-17(24)25/h1-5,8-9H,6-7,10H2,(H,21,26)(H,22,23)(H,24,25). The van der Waals surface area contributed by atoms with Gasteiger partial charge in [0.1, 0.15) is 11.6 Å². The SMILES string of the molecule is O=C(O)COc1cccc(NC(=O)CCNC(=O)c2cc(F)ccc2Br)c1. The van der Waals surface area contributed by atoms with E-state index in [-0.39, 0.29) is 24.4 Å². The third kappa shape index (κ3) is 6.70. The lowest BCUT2D eigenvalue weighted by molar-refractivity contribution is -0.139. The van der Waals surface area contributed by atoms with Crippen LogP contribution in [0, 0.1) is 5.82 Å². The second-order valence-electron chi connectivity index (χ2n) is 5.39. The van der Waals surface area contributed by atoms with Gasteiger partial charge in [0.25, 0.3) is 5.91 Å². The maximum Gasteiger partial charge on any atom is 0.341 e. The van der Waals surface area contributed by atoms with Gasteiger partial charge in [-0.15, -0.1) is 0 Å². The van der Waals surface area contributed by atoms with Crippen LogP contribution in [0.25, 0.3) is 0 Å². The number of carboxylic acids is 1. The van der Waals surface area contributed by atoms with Crippen molar-refractivity contribution in [2.75, 3.05) is 18.5 Å². The van der Waals surface area contributed by atoms with E-state index in [1.807, 2.05) is 0 Å². The number of anilines is 1. The highest BCUT2D eigenvalue weighted by Gasteiger charge is 2.12. The Kier molecular flexibility index (Phi) is 7.30. The Hall–Kier alpha value is -2.94. The minimum Gasteiger partial charge on any atom is -0.482 e. The molecule has 0 radical (unpaired) electrons. The molecule has 0 aromatic heterocycles. The molecular formula is C18H16BrFN2O5. The first-order valence-electron chi connectivity index (χ1n) is 7.83. The summed E-state index contributed by atoms with van der Waals surface area (Å²) in [6, 6.07) is 10.0. The average Bonchev–Trinajstić information content (AvgIpc) is 2.62. The number of carbonyl (C=O) groups is 3. The molecule has 2 aromatic rings. The van der Waals surface area contributed by atoms with Crippen LogP contribution >= 0.6 is 15.9 Å². The molecule has 0 saturated carbocycles. The second kappa shape index (κ2) is 9.67. The lowest BCUT2D eigenvalue weighted by Gasteiger charge is -2.09. The van der Waals surface area contributed by atoms with Crippen molar-refractivity contribution in [2.24, 2.45) is 0 Å². The topological polar surface area (TPSA) is 105 Å². The third-order valence-corrected chi connectivity index (χ3v) is 3.98. The minimum atomic E-state index is -1.11. The van der Waals surface area contributed by atoms with Gasteiger partial charge in [0.15, 0.2) is 6.61 Å². The molecular weight excluding hydrogens is 423 g/mol. The highest BCUT2D eigenvalue weighted by molar-refractivity contribution is 9.10. The van der Waals surface area contributed by atoms with Gasteiger partial charge in [-0.3, -0.25) is 9.59 Å². The van der Waals surface area contributed by atoms with Crippen LogP contribution < -0.4 is 15.4 Å². The highest BCUT2D eigenvalue weighted by Crippen LogP contribution is 2.18. The summed E-state index contributed by atoms with van der Waals surface area (Å²) in [6.07, 6.45) is -0.00111. The number of hydrogen-bond donors (Lipinski definition) is 3. The number of hydrogen-bond acceptors (Lipinski definition) is 4. The van der Waals surface area contributed by atoms with E-state index in [0.29, 0.717) is 15.9 Å². The first-order chi connectivity index (χ1) is 12.8. The van der Waals surface area contributed by atoms with Crippen molar-refractivity contribution in [3.05, 3.63) is 58.3 Å². The molecule has 27 heavy (non-hydrogen) atoms. The predicted molar refractivity (Wildman–Crippen MR) is 99.3 cm³/mol. The van der Waals surface area contributed by atoms with Crippen molar-refractivity contribution in [1.29, 1.82) is 0 Å². The van der Waals surface area contributed by atoms with E-state index >= 15 is 0 Å². The van der Waals surface area contributed by atoms with Crippen molar-refractivity contribution in [2.45, 2.75) is 6.42 Å². The Morgan fingerprint density at radius 2 is 1.93 bits per heavy atom. The Morgan fingerprint density at radius 3 is 2.67 bits per heavy atom. The molecule has 0 atom stereocenters. The molecule has 0 unspecified atom stereocenters. The van der Waals surface area contributed by atoms with Gasteiger partial charge in [-0.1, -0.05) is 6.07 Å². The summed E-state index contributed by atoms with van der Waals surface area (Å²) in [7, 11) is 0. The average molecular weight is 439 g/mol. The number of nitrogens with one attached hydrogen (secondary N) is 2. The number of carboxylic acid groups (broad SMARTS) is 1. The van der Waals surface area contributed by atoms with E-state index in [9.17, 15) is 18.8 Å². The van der Waals surface area contributed by atoms with Crippen molar-refractivity contribution < 1.29 is 28.6 Å². The number of carbonyl (C=O) groups excluding carboxylic acids is 2. The number of halogens is 2. The Morgan fingerprint density at radius 1 is 1.15 bits per heavy atom. The van der Waals surface area contributed by atoms with E-state index in [1.165, 1.54) is 18.2 Å². The van der Waals surface area contributed by atoms with Gasteiger partial charge < -0.3 is 20.5 Å². The molecule has 142 valence electrons. The summed E-state index contributed by atoms with van der Waals surface area (Å²) in [5.74, 6) is -2.20. The molecule has 0 aliphatic rings. The number of ether oxygens (including phenoxy) is 1. The van der Waals surface area contributed by atoms with E-state index in [4.69, 9.17) is 9.84 Å². The van der Waals surface area contributed by atoms with Gasteiger partial charge >= 0.3 is 5.97 Å². The van der Waals surface area contributed by atoms with Crippen molar-refractivity contribution in [1.82, 2.24) is 5.32 Å². The zero-order chi connectivity index (χ0) is 19.8. The maximum atomic E-state index is 13.2. The Balaban J connectivity index is 1.82. The van der Waals surface area contributed by atoms with Crippen LogP contribution in [0.3, 0.4) is 0 Å². The molecule has 2 amide bonds. The number of amides is 2. The summed E-state index contributed by atoms with van der Waals surface area (Å²) < 4.78 is 18.7. The summed E-state index contributed by atoms with van der Waals surface area (Å²) in [6.45, 7) is -0.429. The summed E-state index contributed by atoms with van der Waals surface area (Å²) in [5.41, 5.74) is 0.570. The van der Waals surface area contributed by atoms with Crippen LogP contribution in [0.15, 0.2) is 46.9 Å². The lowest BCUT2D eigenvalue weighted by atomic mass is 10.2. The molecule has 3 N–H and O–H groups in total. The molecule has 0 spiro atoms. The zero-order valence-corrected chi connectivity index (χ0v) is 15.6. The van der Waals surface area contributed by atoms with Crippen molar-refractivity contribution in [3.8, 4) is 5.75 Å². The van der Waals surface area contributed by atoms with Gasteiger partial charge in [-0.2, -0.15) is 0 Å². The smallest absolute Gasteiger partial charge is 0.341 e. The Bertz CT molecular complexity index is 859. The number of benzene rings is 2. The fraction of sp³-hybridized carbons (Fsp3) is 0.167. The molecule has 7 nitrogen and oxygen atoms in total. The largest absolute Gasteiger partial charge is 0.482 e. The van der Waals surface area contributed by atoms with Gasteiger partial charge in [-0.25, -0.2) is 9.18 Å². The van der Waals surface area contributed by atoms with E-state index < -0.39 is 24.3 Å². The van der Waals surface area contributed by atoms with Crippen LogP contribution in [0.5, 0.6) is 5.75 Å². The highest BCUT2D eigenvalue weighted by atomic mass is 79.9. The van der Waals surface area contributed by atoms with E-state index in [0.717, 1.165) is 6.07 Å². The first kappa shape index (κ1) is 20.4. The monoisotopic (exact) mass is 438 g/mol. The van der Waals surface area contributed by atoms with Gasteiger partial charge in [-0.05, 0) is 46.3 Å². The molecule has 2 aromatic carbocycles.